The zero-order valence-electron chi connectivity index (χ0n) is 14.2. The maximum atomic E-state index is 5.78. The van der Waals surface area contributed by atoms with Crippen molar-refractivity contribution < 1.29 is 0 Å². The first-order chi connectivity index (χ1) is 10.2. The van der Waals surface area contributed by atoms with E-state index in [0.717, 1.165) is 39.3 Å². The van der Waals surface area contributed by atoms with Crippen molar-refractivity contribution in [2.75, 3.05) is 44.7 Å². The summed E-state index contributed by atoms with van der Waals surface area (Å²) in [5.74, 6) is 5.78. The highest BCUT2D eigenvalue weighted by Gasteiger charge is 2.14. The molecule has 4 nitrogen and oxygen atoms in total. The monoisotopic (exact) mass is 292 g/mol. The zero-order valence-corrected chi connectivity index (χ0v) is 14.2. The Bertz CT molecular complexity index is 369. The Morgan fingerprint density at radius 2 is 1.62 bits per heavy atom. The second-order valence-electron chi connectivity index (χ2n) is 5.43. The third-order valence-electron chi connectivity index (χ3n) is 3.67. The number of nitrogens with zero attached hydrogens (tertiary/aromatic N) is 3. The fraction of sp³-hybridized carbons (Fsp3) is 0.647. The highest BCUT2D eigenvalue weighted by atomic mass is 15.4. The third-order valence-corrected chi connectivity index (χ3v) is 3.67. The van der Waals surface area contributed by atoms with Crippen LogP contribution in [-0.4, -0.2) is 49.7 Å². The SMILES string of the molecule is CC.CCCN(C)Cc1ccc(N2CCN(N)CC2)cc1. The molecule has 0 radical (unpaired) electrons. The molecule has 1 fully saturated rings. The summed E-state index contributed by atoms with van der Waals surface area (Å²) < 4.78 is 0. The van der Waals surface area contributed by atoms with E-state index in [1.165, 1.54) is 17.7 Å². The molecule has 1 aromatic rings. The molecular formula is C17H32N4. The average Bonchev–Trinajstić information content (AvgIpc) is 2.51. The molecule has 21 heavy (non-hydrogen) atoms. The third kappa shape index (κ3) is 6.04. The van der Waals surface area contributed by atoms with Crippen LogP contribution in [0.1, 0.15) is 32.8 Å². The molecule has 0 amide bonds. The van der Waals surface area contributed by atoms with Crippen molar-refractivity contribution in [3.63, 3.8) is 0 Å². The summed E-state index contributed by atoms with van der Waals surface area (Å²) in [6.07, 6.45) is 1.21. The lowest BCUT2D eigenvalue weighted by Crippen LogP contribution is -2.49. The maximum absolute atomic E-state index is 5.78. The van der Waals surface area contributed by atoms with Crippen LogP contribution in [0.2, 0.25) is 0 Å². The summed E-state index contributed by atoms with van der Waals surface area (Å²) in [7, 11) is 2.18. The van der Waals surface area contributed by atoms with Crippen LogP contribution in [0.5, 0.6) is 0 Å². The van der Waals surface area contributed by atoms with E-state index in [1.54, 1.807) is 0 Å². The van der Waals surface area contributed by atoms with Crippen molar-refractivity contribution in [3.05, 3.63) is 29.8 Å². The van der Waals surface area contributed by atoms with Crippen molar-refractivity contribution in [2.45, 2.75) is 33.7 Å². The lowest BCUT2D eigenvalue weighted by atomic mass is 10.1. The number of nitrogens with two attached hydrogens (primary N) is 1. The molecule has 1 aliphatic rings. The molecule has 0 bridgehead atoms. The zero-order chi connectivity index (χ0) is 15.7. The second-order valence-corrected chi connectivity index (χ2v) is 5.43. The van der Waals surface area contributed by atoms with Crippen LogP contribution >= 0.6 is 0 Å². The smallest absolute Gasteiger partial charge is 0.0367 e. The molecular weight excluding hydrogens is 260 g/mol. The van der Waals surface area contributed by atoms with E-state index in [-0.39, 0.29) is 0 Å². The van der Waals surface area contributed by atoms with E-state index in [2.05, 4.69) is 48.0 Å². The van der Waals surface area contributed by atoms with Gasteiger partial charge >= 0.3 is 0 Å². The molecule has 2 N–H and O–H groups in total. The number of hydrazine groups is 1. The number of benzene rings is 1. The molecule has 1 heterocycles. The van der Waals surface area contributed by atoms with Crippen LogP contribution in [0, 0.1) is 0 Å². The van der Waals surface area contributed by atoms with Gasteiger partial charge in [0, 0.05) is 38.4 Å². The van der Waals surface area contributed by atoms with Crippen molar-refractivity contribution in [1.29, 1.82) is 0 Å². The highest BCUT2D eigenvalue weighted by Crippen LogP contribution is 2.17. The largest absolute Gasteiger partial charge is 0.369 e. The second kappa shape index (κ2) is 9.77. The van der Waals surface area contributed by atoms with E-state index < -0.39 is 0 Å². The van der Waals surface area contributed by atoms with Gasteiger partial charge in [0.25, 0.3) is 0 Å². The molecule has 1 aliphatic heterocycles. The summed E-state index contributed by atoms with van der Waals surface area (Å²) >= 11 is 0. The minimum atomic E-state index is 0.945. The Morgan fingerprint density at radius 3 is 2.14 bits per heavy atom. The van der Waals surface area contributed by atoms with Gasteiger partial charge in [0.05, 0.1) is 0 Å². The quantitative estimate of drug-likeness (QED) is 0.846. The van der Waals surface area contributed by atoms with Gasteiger partial charge in [0.15, 0.2) is 0 Å². The minimum Gasteiger partial charge on any atom is -0.369 e. The highest BCUT2D eigenvalue weighted by molar-refractivity contribution is 5.48. The lowest BCUT2D eigenvalue weighted by molar-refractivity contribution is 0.266. The molecule has 120 valence electrons. The van der Waals surface area contributed by atoms with Gasteiger partial charge in [-0.1, -0.05) is 32.9 Å². The fourth-order valence-electron chi connectivity index (χ4n) is 2.56. The van der Waals surface area contributed by atoms with Gasteiger partial charge in [-0.3, -0.25) is 5.84 Å². The average molecular weight is 292 g/mol. The van der Waals surface area contributed by atoms with Crippen molar-refractivity contribution >= 4 is 5.69 Å². The molecule has 0 aliphatic carbocycles. The number of hydrogen-bond donors (Lipinski definition) is 1. The van der Waals surface area contributed by atoms with Crippen molar-refractivity contribution in [1.82, 2.24) is 9.91 Å². The Balaban J connectivity index is 0.00000106. The molecule has 2 rings (SSSR count). The summed E-state index contributed by atoms with van der Waals surface area (Å²) in [6.45, 7) is 12.3. The number of hydrogen-bond acceptors (Lipinski definition) is 4. The summed E-state index contributed by atoms with van der Waals surface area (Å²) in [5, 5.41) is 1.89. The number of piperazine rings is 1. The van der Waals surface area contributed by atoms with Gasteiger partial charge in [-0.05, 0) is 37.7 Å². The first-order valence-electron chi connectivity index (χ1n) is 8.21. The Labute approximate surface area is 130 Å². The van der Waals surface area contributed by atoms with Crippen LogP contribution in [0.25, 0.3) is 0 Å². The molecule has 1 aromatic carbocycles. The first-order valence-corrected chi connectivity index (χ1v) is 8.21. The minimum absolute atomic E-state index is 0.945. The molecule has 0 unspecified atom stereocenters. The fourth-order valence-corrected chi connectivity index (χ4v) is 2.56. The maximum Gasteiger partial charge on any atom is 0.0367 e. The van der Waals surface area contributed by atoms with Crippen molar-refractivity contribution in [2.24, 2.45) is 5.84 Å². The molecule has 0 atom stereocenters. The van der Waals surface area contributed by atoms with Crippen LogP contribution in [-0.2, 0) is 6.54 Å². The van der Waals surface area contributed by atoms with Gasteiger partial charge in [-0.25, -0.2) is 5.01 Å². The number of rotatable bonds is 5. The van der Waals surface area contributed by atoms with Gasteiger partial charge in [-0.2, -0.15) is 0 Å². The van der Waals surface area contributed by atoms with Gasteiger partial charge in [0.2, 0.25) is 0 Å². The van der Waals surface area contributed by atoms with Crippen LogP contribution in [0.3, 0.4) is 0 Å². The standard InChI is InChI=1S/C15H26N4.C2H6/c1-3-8-17(2)13-14-4-6-15(7-5-14)18-9-11-19(16)12-10-18;1-2/h4-7H,3,8-13,16H2,1-2H3;1-2H3. The summed E-state index contributed by atoms with van der Waals surface area (Å²) in [5.41, 5.74) is 2.70. The Morgan fingerprint density at radius 1 is 1.05 bits per heavy atom. The molecule has 4 heteroatoms. The molecule has 0 spiro atoms. The number of anilines is 1. The van der Waals surface area contributed by atoms with E-state index >= 15 is 0 Å². The lowest BCUT2D eigenvalue weighted by Gasteiger charge is -2.33. The summed E-state index contributed by atoms with van der Waals surface area (Å²) in [4.78, 5) is 4.77. The topological polar surface area (TPSA) is 35.7 Å². The van der Waals surface area contributed by atoms with E-state index in [1.807, 2.05) is 18.9 Å². The molecule has 1 saturated heterocycles. The van der Waals surface area contributed by atoms with E-state index in [0.29, 0.717) is 0 Å². The van der Waals surface area contributed by atoms with Gasteiger partial charge in [-0.15, -0.1) is 0 Å². The van der Waals surface area contributed by atoms with Crippen LogP contribution in [0.15, 0.2) is 24.3 Å². The predicted molar refractivity (Wildman–Crippen MR) is 92.4 cm³/mol. The predicted octanol–water partition coefficient (Wildman–Crippen LogP) is 2.55. The van der Waals surface area contributed by atoms with Gasteiger partial charge < -0.3 is 9.80 Å². The van der Waals surface area contributed by atoms with E-state index in [4.69, 9.17) is 5.84 Å². The van der Waals surface area contributed by atoms with Crippen LogP contribution in [0.4, 0.5) is 5.69 Å². The normalized spacial score (nSPS) is 15.8. The van der Waals surface area contributed by atoms with Crippen LogP contribution < -0.4 is 10.7 Å². The van der Waals surface area contributed by atoms with Gasteiger partial charge in [0.1, 0.15) is 0 Å². The first kappa shape index (κ1) is 18.0. The molecule has 0 aromatic heterocycles. The summed E-state index contributed by atoms with van der Waals surface area (Å²) in [6, 6.07) is 8.97. The Hall–Kier alpha value is -1.10. The molecule has 0 saturated carbocycles. The Kier molecular flexibility index (Phi) is 8.35. The van der Waals surface area contributed by atoms with E-state index in [9.17, 15) is 0 Å². The van der Waals surface area contributed by atoms with Crippen molar-refractivity contribution in [3.8, 4) is 0 Å².